The molecule has 2 amide bonds. The van der Waals surface area contributed by atoms with Crippen LogP contribution in [0.25, 0.3) is 0 Å². The van der Waals surface area contributed by atoms with Crippen molar-refractivity contribution < 1.29 is 22.8 Å². The summed E-state index contributed by atoms with van der Waals surface area (Å²) < 4.78 is 38.2. The van der Waals surface area contributed by atoms with E-state index < -0.39 is 22.4 Å². The number of rotatable bonds is 2. The van der Waals surface area contributed by atoms with Crippen LogP contribution < -0.4 is 10.6 Å². The topological polar surface area (TPSA) is 61.4 Å². The minimum Gasteiger partial charge on any atom is -0.345 e. The van der Waals surface area contributed by atoms with Crippen molar-refractivity contribution in [3.05, 3.63) is 35.4 Å². The summed E-state index contributed by atoms with van der Waals surface area (Å²) in [5.41, 5.74) is -1.34. The molecule has 2 aliphatic rings. The smallest absolute Gasteiger partial charge is 0.345 e. The molecule has 1 aromatic rings. The van der Waals surface area contributed by atoms with Gasteiger partial charge in [-0.05, 0) is 24.6 Å². The molecule has 2 fully saturated rings. The van der Waals surface area contributed by atoms with E-state index in [0.717, 1.165) is 12.1 Å². The number of nitrogens with one attached hydrogen (secondary N) is 2. The Hall–Kier alpha value is -1.87. The van der Waals surface area contributed by atoms with Crippen LogP contribution in [0.2, 0.25) is 0 Å². The summed E-state index contributed by atoms with van der Waals surface area (Å²) in [4.78, 5) is 26.2. The first-order chi connectivity index (χ1) is 11.1. The largest absolute Gasteiger partial charge is 0.416 e. The molecule has 1 spiro atoms. The Kier molecular flexibility index (Phi) is 3.76. The molecule has 2 heterocycles. The van der Waals surface area contributed by atoms with Crippen LogP contribution in [0.15, 0.2) is 24.3 Å². The summed E-state index contributed by atoms with van der Waals surface area (Å²) in [6, 6.07) is 4.56. The molecule has 0 unspecified atom stereocenters. The number of hydrogen-bond donors (Lipinski definition) is 2. The third-order valence-corrected chi connectivity index (χ3v) is 5.07. The molecular weight excluding hydrogens is 339 g/mol. The van der Waals surface area contributed by atoms with E-state index in [1.807, 2.05) is 0 Å². The first kappa shape index (κ1) is 17.0. The summed E-state index contributed by atoms with van der Waals surface area (Å²) >= 11 is 0. The van der Waals surface area contributed by atoms with Gasteiger partial charge in [0.15, 0.2) is 0 Å². The van der Waals surface area contributed by atoms with Crippen molar-refractivity contribution in [1.82, 2.24) is 15.5 Å². The normalized spacial score (nSPS) is 22.8. The molecule has 9 heteroatoms. The van der Waals surface area contributed by atoms with E-state index >= 15 is 0 Å². The molecule has 3 rings (SSSR count). The molecule has 127 valence electrons. The van der Waals surface area contributed by atoms with Crippen molar-refractivity contribution in [2.75, 3.05) is 19.6 Å². The van der Waals surface area contributed by atoms with Crippen LogP contribution in [0, 0.1) is 0 Å². The van der Waals surface area contributed by atoms with E-state index in [2.05, 4.69) is 20.9 Å². The predicted octanol–water partition coefficient (Wildman–Crippen LogP) is 0.347. The number of carbonyl (C=O) groups is 2. The lowest BCUT2D eigenvalue weighted by Crippen LogP contribution is -2.82. The van der Waals surface area contributed by atoms with Crippen LogP contribution in [-0.4, -0.2) is 52.1 Å². The summed E-state index contributed by atoms with van der Waals surface area (Å²) in [7, 11) is 3.52. The van der Waals surface area contributed by atoms with Gasteiger partial charge in [-0.2, -0.15) is 13.2 Å². The van der Waals surface area contributed by atoms with Gasteiger partial charge in [0.1, 0.15) is 5.54 Å². The zero-order valence-electron chi connectivity index (χ0n) is 12.8. The molecule has 24 heavy (non-hydrogen) atoms. The number of amides is 2. The highest BCUT2D eigenvalue weighted by Gasteiger charge is 2.58. The van der Waals surface area contributed by atoms with Crippen molar-refractivity contribution in [2.45, 2.75) is 23.8 Å². The van der Waals surface area contributed by atoms with Crippen molar-refractivity contribution in [2.24, 2.45) is 0 Å². The van der Waals surface area contributed by atoms with Crippen molar-refractivity contribution in [3.63, 3.8) is 0 Å². The van der Waals surface area contributed by atoms with Gasteiger partial charge in [0.05, 0.1) is 22.4 Å². The Morgan fingerprint density at radius 1 is 1.12 bits per heavy atom. The van der Waals surface area contributed by atoms with E-state index in [-0.39, 0.29) is 18.4 Å². The van der Waals surface area contributed by atoms with Crippen molar-refractivity contribution in [3.8, 4) is 0 Å². The number of nitrogens with zero attached hydrogens (tertiary/aromatic N) is 1. The zero-order chi connectivity index (χ0) is 17.8. The fourth-order valence-electron chi connectivity index (χ4n) is 3.21. The Balaban J connectivity index is 1.99. The highest BCUT2D eigenvalue weighted by Crippen LogP contribution is 2.37. The van der Waals surface area contributed by atoms with Gasteiger partial charge < -0.3 is 15.5 Å². The van der Waals surface area contributed by atoms with E-state index in [0.29, 0.717) is 18.7 Å². The molecule has 0 saturated carbocycles. The van der Waals surface area contributed by atoms with E-state index in [1.165, 1.54) is 17.0 Å². The lowest BCUT2D eigenvalue weighted by molar-refractivity contribution is -0.163. The van der Waals surface area contributed by atoms with Crippen LogP contribution in [0.1, 0.15) is 18.1 Å². The maximum Gasteiger partial charge on any atom is 0.416 e. The van der Waals surface area contributed by atoms with E-state index in [1.54, 1.807) is 6.92 Å². The summed E-state index contributed by atoms with van der Waals surface area (Å²) in [6.45, 7) is 2.11. The molecule has 3 radical (unpaired) electrons. The fraction of sp³-hybridized carbons (Fsp3) is 0.467. The predicted molar refractivity (Wildman–Crippen MR) is 80.0 cm³/mol. The van der Waals surface area contributed by atoms with Gasteiger partial charge in [0, 0.05) is 18.3 Å². The lowest BCUT2D eigenvalue weighted by Gasteiger charge is -2.57. The zero-order valence-corrected chi connectivity index (χ0v) is 13.8. The maximum absolute atomic E-state index is 12.7. The second kappa shape index (κ2) is 5.32. The number of carbonyl (C=O) groups excluding carboxylic acids is 2. The van der Waals surface area contributed by atoms with Gasteiger partial charge in [-0.25, -0.2) is 0 Å². The van der Waals surface area contributed by atoms with Crippen LogP contribution in [-0.2, 0) is 20.9 Å². The number of alkyl halides is 3. The van der Waals surface area contributed by atoms with E-state index in [9.17, 15) is 22.8 Å². The van der Waals surface area contributed by atoms with Gasteiger partial charge in [-0.3, -0.25) is 9.59 Å². The van der Waals surface area contributed by atoms with Gasteiger partial charge in [-0.1, -0.05) is 12.1 Å². The number of halogens is 3. The third kappa shape index (κ3) is 2.42. The summed E-state index contributed by atoms with van der Waals surface area (Å²) in [6.07, 6.45) is -4.43. The Bertz CT molecular complexity index is 684. The van der Waals surface area contributed by atoms with Crippen molar-refractivity contribution >= 4 is 22.1 Å². The summed E-state index contributed by atoms with van der Waals surface area (Å²) in [5, 5.41) is 4.44. The monoisotopic (exact) mass is 354 g/mol. The van der Waals surface area contributed by atoms with Gasteiger partial charge in [0.2, 0.25) is 11.8 Å². The number of benzene rings is 1. The first-order valence-corrected chi connectivity index (χ1v) is 7.84. The van der Waals surface area contributed by atoms with Crippen molar-refractivity contribution in [1.29, 1.82) is 0 Å². The molecule has 2 saturated heterocycles. The van der Waals surface area contributed by atoms with Gasteiger partial charge >= 0.3 is 6.18 Å². The first-order valence-electron chi connectivity index (χ1n) is 7.34. The number of piperazine rings is 1. The molecule has 1 atom stereocenters. The lowest BCUT2D eigenvalue weighted by atomic mass is 9.84. The van der Waals surface area contributed by atoms with Crippen LogP contribution in [0.3, 0.4) is 0 Å². The minimum atomic E-state index is -4.43. The molecule has 2 aliphatic heterocycles. The quantitative estimate of drug-likeness (QED) is 0.754. The standard InChI is InChI=1S/C15H15F3N3O2Si/c1-13(24,9-2-4-10(5-3-9)15(16,17)18)21-11(22)6-20-12(23)14(21)7-19-8-14/h2-5,19H,6-8H2,1H3,(H,20,23)/t13-/m0/s1. The third-order valence-electron chi connectivity index (χ3n) is 4.56. The second-order valence-corrected chi connectivity index (χ2v) is 7.17. The highest BCUT2D eigenvalue weighted by atomic mass is 28.1. The van der Waals surface area contributed by atoms with Gasteiger partial charge in [0.25, 0.3) is 0 Å². The molecule has 0 bridgehead atoms. The molecule has 0 aromatic heterocycles. The average molecular weight is 354 g/mol. The Morgan fingerprint density at radius 2 is 1.67 bits per heavy atom. The molecule has 0 aliphatic carbocycles. The molecule has 1 aromatic carbocycles. The SMILES string of the molecule is C[C@]([Si])(c1ccc(C(F)(F)F)cc1)N1C(=O)CNC(=O)C12CNC2. The van der Waals surface area contributed by atoms with Crippen LogP contribution in [0.5, 0.6) is 0 Å². The minimum absolute atomic E-state index is 0.138. The maximum atomic E-state index is 12.7. The van der Waals surface area contributed by atoms with Gasteiger partial charge in [-0.15, -0.1) is 0 Å². The second-order valence-electron chi connectivity index (χ2n) is 6.19. The number of hydrogen-bond acceptors (Lipinski definition) is 3. The van der Waals surface area contributed by atoms with E-state index in [4.69, 9.17) is 0 Å². The van der Waals surface area contributed by atoms with Crippen LogP contribution in [0.4, 0.5) is 13.2 Å². The molecule has 5 nitrogen and oxygen atoms in total. The highest BCUT2D eigenvalue weighted by molar-refractivity contribution is 6.18. The Labute approximate surface area is 140 Å². The fourth-order valence-corrected chi connectivity index (χ4v) is 3.72. The van der Waals surface area contributed by atoms with Crippen LogP contribution >= 0.6 is 0 Å². The Morgan fingerprint density at radius 3 is 2.12 bits per heavy atom. The molecule has 2 N–H and O–H groups in total. The molecular formula is C15H15F3N3O2Si. The summed E-state index contributed by atoms with van der Waals surface area (Å²) in [5.74, 6) is -0.564. The average Bonchev–Trinajstić information content (AvgIpc) is 2.46.